The van der Waals surface area contributed by atoms with Crippen molar-refractivity contribution in [3.05, 3.63) is 47.7 Å². The summed E-state index contributed by atoms with van der Waals surface area (Å²) >= 11 is 0. The molecular formula is C18H25NO. The first-order valence-electron chi connectivity index (χ1n) is 7.56. The van der Waals surface area contributed by atoms with E-state index in [1.165, 1.54) is 11.1 Å². The maximum atomic E-state index is 6.06. The third-order valence-electron chi connectivity index (χ3n) is 3.60. The standard InChI is InChI=1S/C18H25NO/c1-5-12-19-14(4)17-10-11-18(20-17)16-9-7-6-8-15(16)13(2)3/h6-11,13-14,19H,5,12H2,1-4H3. The Morgan fingerprint density at radius 1 is 1.05 bits per heavy atom. The summed E-state index contributed by atoms with van der Waals surface area (Å²) in [5.74, 6) is 2.47. The summed E-state index contributed by atoms with van der Waals surface area (Å²) in [5.41, 5.74) is 2.54. The topological polar surface area (TPSA) is 25.2 Å². The van der Waals surface area contributed by atoms with Crippen LogP contribution in [0.4, 0.5) is 0 Å². The zero-order valence-corrected chi connectivity index (χ0v) is 12.9. The van der Waals surface area contributed by atoms with Gasteiger partial charge in [-0.25, -0.2) is 0 Å². The van der Waals surface area contributed by atoms with E-state index >= 15 is 0 Å². The minimum absolute atomic E-state index is 0.259. The lowest BCUT2D eigenvalue weighted by Gasteiger charge is -2.12. The molecule has 0 spiro atoms. The average molecular weight is 271 g/mol. The highest BCUT2D eigenvalue weighted by Gasteiger charge is 2.14. The van der Waals surface area contributed by atoms with Crippen LogP contribution < -0.4 is 5.32 Å². The highest BCUT2D eigenvalue weighted by Crippen LogP contribution is 2.31. The largest absolute Gasteiger partial charge is 0.459 e. The lowest BCUT2D eigenvalue weighted by atomic mass is 9.96. The van der Waals surface area contributed by atoms with E-state index in [0.717, 1.165) is 24.5 Å². The van der Waals surface area contributed by atoms with Crippen LogP contribution in [0.25, 0.3) is 11.3 Å². The molecule has 108 valence electrons. The Labute approximate surface area is 122 Å². The van der Waals surface area contributed by atoms with Crippen LogP contribution in [0.15, 0.2) is 40.8 Å². The van der Waals surface area contributed by atoms with Crippen LogP contribution in [0.1, 0.15) is 57.4 Å². The van der Waals surface area contributed by atoms with Crippen molar-refractivity contribution in [3.63, 3.8) is 0 Å². The van der Waals surface area contributed by atoms with E-state index in [1.807, 2.05) is 0 Å². The lowest BCUT2D eigenvalue weighted by molar-refractivity contribution is 0.438. The predicted octanol–water partition coefficient (Wildman–Crippen LogP) is 5.13. The van der Waals surface area contributed by atoms with Crippen molar-refractivity contribution in [2.75, 3.05) is 6.54 Å². The first kappa shape index (κ1) is 14.9. The molecule has 0 amide bonds. The summed E-state index contributed by atoms with van der Waals surface area (Å²) in [6.07, 6.45) is 1.13. The van der Waals surface area contributed by atoms with Gasteiger partial charge in [0, 0.05) is 5.56 Å². The normalized spacial score (nSPS) is 12.8. The molecule has 1 aromatic carbocycles. The molecule has 20 heavy (non-hydrogen) atoms. The molecule has 0 aliphatic carbocycles. The fourth-order valence-corrected chi connectivity index (χ4v) is 2.42. The molecule has 2 heteroatoms. The van der Waals surface area contributed by atoms with Crippen LogP contribution in [-0.2, 0) is 0 Å². The van der Waals surface area contributed by atoms with Crippen LogP contribution in [0, 0.1) is 0 Å². The number of hydrogen-bond acceptors (Lipinski definition) is 2. The molecule has 0 saturated heterocycles. The Balaban J connectivity index is 2.25. The minimum atomic E-state index is 0.259. The molecule has 1 heterocycles. The first-order valence-corrected chi connectivity index (χ1v) is 7.56. The van der Waals surface area contributed by atoms with Gasteiger partial charge < -0.3 is 9.73 Å². The molecule has 1 unspecified atom stereocenters. The van der Waals surface area contributed by atoms with Crippen molar-refractivity contribution >= 4 is 0 Å². The zero-order chi connectivity index (χ0) is 14.5. The molecule has 1 N–H and O–H groups in total. The molecule has 0 bridgehead atoms. The van der Waals surface area contributed by atoms with Crippen molar-refractivity contribution < 1.29 is 4.42 Å². The van der Waals surface area contributed by atoms with Crippen molar-refractivity contribution in [2.45, 2.75) is 46.1 Å². The van der Waals surface area contributed by atoms with Crippen molar-refractivity contribution in [3.8, 4) is 11.3 Å². The van der Waals surface area contributed by atoms with Gasteiger partial charge in [-0.2, -0.15) is 0 Å². The maximum Gasteiger partial charge on any atom is 0.134 e. The van der Waals surface area contributed by atoms with E-state index in [0.29, 0.717) is 5.92 Å². The fraction of sp³-hybridized carbons (Fsp3) is 0.444. The van der Waals surface area contributed by atoms with Crippen molar-refractivity contribution in [1.29, 1.82) is 0 Å². The second-order valence-electron chi connectivity index (χ2n) is 5.62. The van der Waals surface area contributed by atoms with Gasteiger partial charge in [0.1, 0.15) is 11.5 Å². The molecule has 1 atom stereocenters. The van der Waals surface area contributed by atoms with Crippen molar-refractivity contribution in [1.82, 2.24) is 5.32 Å². The van der Waals surface area contributed by atoms with Crippen LogP contribution in [0.5, 0.6) is 0 Å². The number of benzene rings is 1. The molecule has 0 radical (unpaired) electrons. The summed E-state index contributed by atoms with van der Waals surface area (Å²) in [6.45, 7) is 9.76. The third-order valence-corrected chi connectivity index (χ3v) is 3.60. The summed E-state index contributed by atoms with van der Waals surface area (Å²) in [7, 11) is 0. The van der Waals surface area contributed by atoms with Crippen LogP contribution in [-0.4, -0.2) is 6.54 Å². The van der Waals surface area contributed by atoms with Gasteiger partial charge in [-0.1, -0.05) is 45.0 Å². The number of nitrogens with one attached hydrogen (secondary N) is 1. The highest BCUT2D eigenvalue weighted by atomic mass is 16.3. The third kappa shape index (κ3) is 3.31. The Hall–Kier alpha value is -1.54. The molecule has 2 nitrogen and oxygen atoms in total. The van der Waals surface area contributed by atoms with Gasteiger partial charge in [-0.3, -0.25) is 0 Å². The van der Waals surface area contributed by atoms with E-state index < -0.39 is 0 Å². The zero-order valence-electron chi connectivity index (χ0n) is 12.9. The second-order valence-corrected chi connectivity index (χ2v) is 5.62. The molecular weight excluding hydrogens is 246 g/mol. The van der Waals surface area contributed by atoms with E-state index in [9.17, 15) is 0 Å². The Kier molecular flexibility index (Phi) is 5.02. The summed E-state index contributed by atoms with van der Waals surface area (Å²) in [4.78, 5) is 0. The van der Waals surface area contributed by atoms with Gasteiger partial charge in [0.2, 0.25) is 0 Å². The summed E-state index contributed by atoms with van der Waals surface area (Å²) in [6, 6.07) is 12.9. The van der Waals surface area contributed by atoms with Gasteiger partial charge in [0.25, 0.3) is 0 Å². The first-order chi connectivity index (χ1) is 9.63. The molecule has 2 aromatic rings. The second kappa shape index (κ2) is 6.76. The monoisotopic (exact) mass is 271 g/mol. The highest BCUT2D eigenvalue weighted by molar-refractivity contribution is 5.63. The van der Waals surface area contributed by atoms with E-state index in [1.54, 1.807) is 0 Å². The minimum Gasteiger partial charge on any atom is -0.459 e. The average Bonchev–Trinajstić information content (AvgIpc) is 2.94. The lowest BCUT2D eigenvalue weighted by Crippen LogP contribution is -2.18. The number of rotatable bonds is 6. The fourth-order valence-electron chi connectivity index (χ4n) is 2.42. The predicted molar refractivity (Wildman–Crippen MR) is 84.9 cm³/mol. The summed E-state index contributed by atoms with van der Waals surface area (Å²) in [5, 5.41) is 3.46. The Morgan fingerprint density at radius 3 is 2.50 bits per heavy atom. The molecule has 0 aliphatic heterocycles. The van der Waals surface area contributed by atoms with Gasteiger partial charge in [0.15, 0.2) is 0 Å². The van der Waals surface area contributed by atoms with Gasteiger partial charge in [0.05, 0.1) is 6.04 Å². The molecule has 2 rings (SSSR count). The maximum absolute atomic E-state index is 6.06. The van der Waals surface area contributed by atoms with Crippen LogP contribution >= 0.6 is 0 Å². The molecule has 1 aromatic heterocycles. The molecule has 0 saturated carbocycles. The Morgan fingerprint density at radius 2 is 1.80 bits per heavy atom. The SMILES string of the molecule is CCCNC(C)c1ccc(-c2ccccc2C(C)C)o1. The number of hydrogen-bond donors (Lipinski definition) is 1. The van der Waals surface area contributed by atoms with Crippen molar-refractivity contribution in [2.24, 2.45) is 0 Å². The van der Waals surface area contributed by atoms with Gasteiger partial charge >= 0.3 is 0 Å². The van der Waals surface area contributed by atoms with E-state index in [2.05, 4.69) is 69.4 Å². The smallest absolute Gasteiger partial charge is 0.134 e. The van der Waals surface area contributed by atoms with Gasteiger partial charge in [-0.05, 0) is 43.5 Å². The quantitative estimate of drug-likeness (QED) is 0.787. The van der Waals surface area contributed by atoms with E-state index in [-0.39, 0.29) is 6.04 Å². The van der Waals surface area contributed by atoms with Crippen LogP contribution in [0.3, 0.4) is 0 Å². The van der Waals surface area contributed by atoms with Gasteiger partial charge in [-0.15, -0.1) is 0 Å². The van der Waals surface area contributed by atoms with E-state index in [4.69, 9.17) is 4.42 Å². The van der Waals surface area contributed by atoms with Crippen LogP contribution in [0.2, 0.25) is 0 Å². The Bertz CT molecular complexity index is 542. The summed E-state index contributed by atoms with van der Waals surface area (Å²) < 4.78 is 6.06. The molecule has 0 aliphatic rings. The number of furan rings is 1. The molecule has 0 fully saturated rings.